The van der Waals surface area contributed by atoms with Gasteiger partial charge in [-0.3, -0.25) is 4.90 Å². The van der Waals surface area contributed by atoms with E-state index in [0.29, 0.717) is 12.0 Å². The monoisotopic (exact) mass is 383 g/mol. The minimum atomic E-state index is 0. The summed E-state index contributed by atoms with van der Waals surface area (Å²) in [5, 5.41) is 3.42. The van der Waals surface area contributed by atoms with Crippen LogP contribution >= 0.6 is 40.7 Å². The molecule has 2 heterocycles. The normalized spacial score (nSPS) is 18.6. The minimum Gasteiger partial charge on any atom is -0.314 e. The minimum absolute atomic E-state index is 0. The molecule has 1 aliphatic heterocycles. The van der Waals surface area contributed by atoms with E-state index in [1.165, 1.54) is 12.1 Å². The summed E-state index contributed by atoms with van der Waals surface area (Å²) in [4.78, 5) is 7.24. The van der Waals surface area contributed by atoms with E-state index in [-0.39, 0.29) is 24.8 Å². The molecule has 1 aromatic heterocycles. The molecule has 3 nitrogen and oxygen atoms in total. The van der Waals surface area contributed by atoms with Crippen LogP contribution in [0.25, 0.3) is 0 Å². The highest BCUT2D eigenvalue weighted by Crippen LogP contribution is 2.30. The fourth-order valence-corrected chi connectivity index (χ4v) is 2.97. The van der Waals surface area contributed by atoms with Crippen molar-refractivity contribution in [1.82, 2.24) is 15.2 Å². The van der Waals surface area contributed by atoms with Crippen LogP contribution in [-0.2, 0) is 0 Å². The van der Waals surface area contributed by atoms with Gasteiger partial charge in [-0.1, -0.05) is 26.3 Å². The molecule has 1 aromatic rings. The van der Waals surface area contributed by atoms with Gasteiger partial charge in [0.2, 0.25) is 0 Å². The number of hydrogen-bond acceptors (Lipinski definition) is 3. The molecule has 1 saturated heterocycles. The Bertz CT molecular complexity index is 386. The van der Waals surface area contributed by atoms with Crippen molar-refractivity contribution >= 4 is 40.7 Å². The van der Waals surface area contributed by atoms with Crippen molar-refractivity contribution in [2.45, 2.75) is 26.3 Å². The number of aromatic nitrogens is 1. The van der Waals surface area contributed by atoms with Gasteiger partial charge >= 0.3 is 0 Å². The van der Waals surface area contributed by atoms with Gasteiger partial charge in [0, 0.05) is 26.2 Å². The highest BCUT2D eigenvalue weighted by Gasteiger charge is 2.27. The SMILES string of the molecule is CCC(C)[C@H](c1cccc(Br)n1)N1CCNCC1.Cl.Cl. The number of hydrogen-bond donors (Lipinski definition) is 1. The fourth-order valence-electron chi connectivity index (χ4n) is 2.61. The molecule has 2 rings (SSSR count). The summed E-state index contributed by atoms with van der Waals surface area (Å²) in [6.45, 7) is 8.99. The van der Waals surface area contributed by atoms with Crippen LogP contribution in [0.2, 0.25) is 0 Å². The van der Waals surface area contributed by atoms with Crippen molar-refractivity contribution in [3.05, 3.63) is 28.5 Å². The van der Waals surface area contributed by atoms with E-state index in [9.17, 15) is 0 Å². The second-order valence-corrected chi connectivity index (χ2v) is 5.81. The lowest BCUT2D eigenvalue weighted by molar-refractivity contribution is 0.125. The van der Waals surface area contributed by atoms with Crippen LogP contribution in [0.1, 0.15) is 32.0 Å². The summed E-state index contributed by atoms with van der Waals surface area (Å²) >= 11 is 3.48. The van der Waals surface area contributed by atoms with Crippen LogP contribution < -0.4 is 5.32 Å². The average molecular weight is 385 g/mol. The molecule has 0 bridgehead atoms. The van der Waals surface area contributed by atoms with Crippen LogP contribution in [-0.4, -0.2) is 36.1 Å². The predicted octanol–water partition coefficient (Wildman–Crippen LogP) is 3.68. The van der Waals surface area contributed by atoms with Crippen LogP contribution in [0.15, 0.2) is 22.8 Å². The lowest BCUT2D eigenvalue weighted by Crippen LogP contribution is -2.46. The molecule has 1 aliphatic rings. The largest absolute Gasteiger partial charge is 0.314 e. The Labute approximate surface area is 142 Å². The van der Waals surface area contributed by atoms with Gasteiger partial charge in [-0.15, -0.1) is 24.8 Å². The zero-order valence-electron chi connectivity index (χ0n) is 12.0. The molecule has 0 amide bonds. The summed E-state index contributed by atoms with van der Waals surface area (Å²) in [7, 11) is 0. The van der Waals surface area contributed by atoms with E-state index in [2.05, 4.69) is 57.1 Å². The van der Waals surface area contributed by atoms with Gasteiger partial charge in [0.15, 0.2) is 0 Å². The maximum absolute atomic E-state index is 4.67. The second-order valence-electron chi connectivity index (χ2n) is 5.00. The lowest BCUT2D eigenvalue weighted by Gasteiger charge is -2.37. The first-order chi connectivity index (χ1) is 8.72. The first-order valence-corrected chi connectivity index (χ1v) is 7.59. The Morgan fingerprint density at radius 2 is 1.95 bits per heavy atom. The van der Waals surface area contributed by atoms with E-state index in [1.54, 1.807) is 0 Å². The third-order valence-corrected chi connectivity index (χ3v) is 4.21. The Hall–Kier alpha value is 0.130. The third kappa shape index (κ3) is 5.15. The number of nitrogens with one attached hydrogen (secondary N) is 1. The highest BCUT2D eigenvalue weighted by atomic mass is 79.9. The number of nitrogens with zero attached hydrogens (tertiary/aromatic N) is 2. The third-order valence-electron chi connectivity index (χ3n) is 3.77. The van der Waals surface area contributed by atoms with Crippen LogP contribution in [0, 0.1) is 5.92 Å². The van der Waals surface area contributed by atoms with E-state index >= 15 is 0 Å². The van der Waals surface area contributed by atoms with E-state index in [4.69, 9.17) is 0 Å². The summed E-state index contributed by atoms with van der Waals surface area (Å²) < 4.78 is 0.934. The topological polar surface area (TPSA) is 28.2 Å². The molecule has 0 saturated carbocycles. The summed E-state index contributed by atoms with van der Waals surface area (Å²) in [5.41, 5.74) is 1.20. The zero-order valence-corrected chi connectivity index (χ0v) is 15.2. The summed E-state index contributed by atoms with van der Waals surface area (Å²) in [6.07, 6.45) is 1.18. The van der Waals surface area contributed by atoms with Gasteiger partial charge in [0.05, 0.1) is 11.7 Å². The molecule has 6 heteroatoms. The van der Waals surface area contributed by atoms with Crippen molar-refractivity contribution < 1.29 is 0 Å². The van der Waals surface area contributed by atoms with E-state index < -0.39 is 0 Å². The Kier molecular flexibility index (Phi) is 10.0. The molecular formula is C14H24BrCl2N3. The van der Waals surface area contributed by atoms with Crippen LogP contribution in [0.5, 0.6) is 0 Å². The smallest absolute Gasteiger partial charge is 0.106 e. The number of halogens is 3. The number of pyridine rings is 1. The Morgan fingerprint density at radius 3 is 2.50 bits per heavy atom. The van der Waals surface area contributed by atoms with Crippen molar-refractivity contribution in [1.29, 1.82) is 0 Å². The summed E-state index contributed by atoms with van der Waals surface area (Å²) in [6, 6.07) is 6.68. The molecular weight excluding hydrogens is 361 g/mol. The van der Waals surface area contributed by atoms with E-state index in [0.717, 1.165) is 30.8 Å². The molecule has 1 unspecified atom stereocenters. The molecule has 20 heavy (non-hydrogen) atoms. The number of piperazine rings is 1. The molecule has 0 spiro atoms. The van der Waals surface area contributed by atoms with Gasteiger partial charge in [-0.2, -0.15) is 0 Å². The molecule has 116 valence electrons. The molecule has 1 fully saturated rings. The van der Waals surface area contributed by atoms with Crippen LogP contribution in [0.3, 0.4) is 0 Å². The first-order valence-electron chi connectivity index (χ1n) is 6.79. The Morgan fingerprint density at radius 1 is 1.30 bits per heavy atom. The van der Waals surface area contributed by atoms with Crippen molar-refractivity contribution in [3.63, 3.8) is 0 Å². The van der Waals surface area contributed by atoms with Gasteiger partial charge in [0.1, 0.15) is 4.60 Å². The second kappa shape index (κ2) is 9.96. The maximum atomic E-state index is 4.67. The molecule has 0 aromatic carbocycles. The van der Waals surface area contributed by atoms with E-state index in [1.807, 2.05) is 6.07 Å². The van der Waals surface area contributed by atoms with Crippen molar-refractivity contribution in [3.8, 4) is 0 Å². The quantitative estimate of drug-likeness (QED) is 0.802. The van der Waals surface area contributed by atoms with Gasteiger partial charge in [-0.25, -0.2) is 4.98 Å². The average Bonchev–Trinajstić information content (AvgIpc) is 2.40. The van der Waals surface area contributed by atoms with Gasteiger partial charge in [0.25, 0.3) is 0 Å². The maximum Gasteiger partial charge on any atom is 0.106 e. The standard InChI is InChI=1S/C14H22BrN3.2ClH/c1-3-11(2)14(18-9-7-16-8-10-18)12-5-4-6-13(15)17-12;;/h4-6,11,14,16H,3,7-10H2,1-2H3;2*1H/t11?,14-;;/m1../s1. The number of rotatable bonds is 4. The summed E-state index contributed by atoms with van der Waals surface area (Å²) in [5.74, 6) is 0.630. The van der Waals surface area contributed by atoms with Crippen molar-refractivity contribution in [2.24, 2.45) is 5.92 Å². The molecule has 0 aliphatic carbocycles. The highest BCUT2D eigenvalue weighted by molar-refractivity contribution is 9.10. The van der Waals surface area contributed by atoms with Crippen molar-refractivity contribution in [2.75, 3.05) is 26.2 Å². The fraction of sp³-hybridized carbons (Fsp3) is 0.643. The predicted molar refractivity (Wildman–Crippen MR) is 93.1 cm³/mol. The Balaban J connectivity index is 0.00000180. The molecule has 0 radical (unpaired) electrons. The molecule has 2 atom stereocenters. The zero-order chi connectivity index (χ0) is 13.0. The van der Waals surface area contributed by atoms with Crippen LogP contribution in [0.4, 0.5) is 0 Å². The first kappa shape index (κ1) is 20.1. The lowest BCUT2D eigenvalue weighted by atomic mass is 9.94. The molecule has 1 N–H and O–H groups in total. The van der Waals surface area contributed by atoms with Gasteiger partial charge < -0.3 is 5.32 Å². The van der Waals surface area contributed by atoms with Gasteiger partial charge in [-0.05, 0) is 34.0 Å².